The molecule has 1 aliphatic rings. The van der Waals surface area contributed by atoms with E-state index in [4.69, 9.17) is 4.74 Å². The molecule has 1 atom stereocenters. The molecule has 29 heavy (non-hydrogen) atoms. The van der Waals surface area contributed by atoms with Crippen molar-refractivity contribution < 1.29 is 19.1 Å². The minimum absolute atomic E-state index is 0.00721. The van der Waals surface area contributed by atoms with E-state index in [1.54, 1.807) is 31.2 Å². The highest BCUT2D eigenvalue weighted by Crippen LogP contribution is 2.30. The van der Waals surface area contributed by atoms with Crippen LogP contribution in [-0.2, 0) is 16.0 Å². The van der Waals surface area contributed by atoms with Gasteiger partial charge in [-0.3, -0.25) is 25.2 Å². The third-order valence-corrected chi connectivity index (χ3v) is 4.68. The number of carbonyl (C=O) groups excluding carboxylic acids is 3. The first-order valence-corrected chi connectivity index (χ1v) is 9.73. The number of hydrazine groups is 1. The van der Waals surface area contributed by atoms with Crippen LogP contribution in [0.25, 0.3) is 0 Å². The van der Waals surface area contributed by atoms with E-state index in [0.717, 1.165) is 19.3 Å². The molecule has 0 spiro atoms. The van der Waals surface area contributed by atoms with Crippen LogP contribution in [0, 0.1) is 5.92 Å². The van der Waals surface area contributed by atoms with Gasteiger partial charge in [0.05, 0.1) is 0 Å². The molecule has 1 saturated carbocycles. The van der Waals surface area contributed by atoms with Gasteiger partial charge in [0.15, 0.2) is 6.10 Å². The van der Waals surface area contributed by atoms with Crippen molar-refractivity contribution in [1.82, 2.24) is 10.9 Å². The van der Waals surface area contributed by atoms with Crippen LogP contribution in [-0.4, -0.2) is 23.8 Å². The molecule has 7 nitrogen and oxygen atoms in total. The number of anilines is 1. The van der Waals surface area contributed by atoms with Crippen LogP contribution < -0.4 is 20.9 Å². The normalized spacial score (nSPS) is 13.9. The molecular weight excluding hydrogens is 370 g/mol. The maximum Gasteiger partial charge on any atom is 0.279 e. The number of hydrogen-bond acceptors (Lipinski definition) is 4. The van der Waals surface area contributed by atoms with Gasteiger partial charge in [-0.05, 0) is 68.1 Å². The fraction of sp³-hybridized carbons (Fsp3) is 0.318. The van der Waals surface area contributed by atoms with Gasteiger partial charge in [0.2, 0.25) is 5.91 Å². The van der Waals surface area contributed by atoms with Crippen LogP contribution >= 0.6 is 0 Å². The molecule has 0 radical (unpaired) electrons. The Hall–Kier alpha value is -3.35. The molecule has 0 unspecified atom stereocenters. The van der Waals surface area contributed by atoms with Crippen LogP contribution in [0.5, 0.6) is 5.75 Å². The van der Waals surface area contributed by atoms with Crippen molar-refractivity contribution >= 4 is 23.4 Å². The summed E-state index contributed by atoms with van der Waals surface area (Å²) >= 11 is 0. The van der Waals surface area contributed by atoms with Crippen molar-refractivity contribution in [2.75, 3.05) is 5.32 Å². The van der Waals surface area contributed by atoms with E-state index in [1.807, 2.05) is 24.3 Å². The summed E-state index contributed by atoms with van der Waals surface area (Å²) in [6.07, 6.45) is 2.01. The monoisotopic (exact) mass is 395 g/mol. The van der Waals surface area contributed by atoms with Gasteiger partial charge in [0.1, 0.15) is 5.75 Å². The van der Waals surface area contributed by atoms with Gasteiger partial charge >= 0.3 is 0 Å². The predicted molar refractivity (Wildman–Crippen MR) is 109 cm³/mol. The van der Waals surface area contributed by atoms with Gasteiger partial charge in [-0.1, -0.05) is 19.1 Å². The SMILES string of the molecule is CCc1ccc(O[C@@H](C)C(=O)NNC(=O)c2ccc(NC(=O)C3CC3)cc2)cc1. The first-order chi connectivity index (χ1) is 14.0. The summed E-state index contributed by atoms with van der Waals surface area (Å²) in [4.78, 5) is 36.1. The van der Waals surface area contributed by atoms with Crippen molar-refractivity contribution in [1.29, 1.82) is 0 Å². The van der Waals surface area contributed by atoms with E-state index >= 15 is 0 Å². The second-order valence-corrected chi connectivity index (χ2v) is 7.04. The highest BCUT2D eigenvalue weighted by atomic mass is 16.5. The van der Waals surface area contributed by atoms with E-state index in [9.17, 15) is 14.4 Å². The van der Waals surface area contributed by atoms with Crippen LogP contribution in [0.3, 0.4) is 0 Å². The lowest BCUT2D eigenvalue weighted by atomic mass is 10.2. The van der Waals surface area contributed by atoms with Gasteiger partial charge < -0.3 is 10.1 Å². The average Bonchev–Trinajstić information content (AvgIpc) is 3.58. The lowest BCUT2D eigenvalue weighted by Crippen LogP contribution is -2.47. The number of benzene rings is 2. The summed E-state index contributed by atoms with van der Waals surface area (Å²) < 4.78 is 5.59. The van der Waals surface area contributed by atoms with Gasteiger partial charge in [0.25, 0.3) is 11.8 Å². The summed E-state index contributed by atoms with van der Waals surface area (Å²) in [6.45, 7) is 3.67. The Labute approximate surface area is 169 Å². The maximum absolute atomic E-state index is 12.2. The Morgan fingerprint density at radius 3 is 2.24 bits per heavy atom. The van der Waals surface area contributed by atoms with Crippen molar-refractivity contribution in [3.05, 3.63) is 59.7 Å². The molecular formula is C22H25N3O4. The zero-order chi connectivity index (χ0) is 20.8. The molecule has 2 aromatic rings. The highest BCUT2D eigenvalue weighted by molar-refractivity contribution is 5.97. The molecule has 7 heteroatoms. The number of rotatable bonds is 7. The summed E-state index contributed by atoms with van der Waals surface area (Å²) in [6, 6.07) is 14.0. The molecule has 0 heterocycles. The van der Waals surface area contributed by atoms with Gasteiger partial charge in [0, 0.05) is 17.2 Å². The second kappa shape index (κ2) is 9.23. The molecule has 3 N–H and O–H groups in total. The Balaban J connectivity index is 1.45. The van der Waals surface area contributed by atoms with Crippen LogP contribution in [0.4, 0.5) is 5.69 Å². The first kappa shape index (κ1) is 20.4. The van der Waals surface area contributed by atoms with Crippen LogP contribution in [0.15, 0.2) is 48.5 Å². The van der Waals surface area contributed by atoms with Crippen molar-refractivity contribution in [2.45, 2.75) is 39.2 Å². The van der Waals surface area contributed by atoms with E-state index < -0.39 is 17.9 Å². The third kappa shape index (κ3) is 5.81. The number of hydrogen-bond donors (Lipinski definition) is 3. The Kier molecular flexibility index (Phi) is 6.49. The molecule has 3 rings (SSSR count). The van der Waals surface area contributed by atoms with Crippen LogP contribution in [0.2, 0.25) is 0 Å². The summed E-state index contributed by atoms with van der Waals surface area (Å²) in [5.74, 6) is -0.223. The standard InChI is InChI=1S/C22H25N3O4/c1-3-15-4-12-19(13-5-15)29-14(2)20(26)24-25-22(28)17-8-10-18(11-9-17)23-21(27)16-6-7-16/h4-5,8-14,16H,3,6-7H2,1-2H3,(H,23,27)(H,24,26)(H,25,28)/t14-/m0/s1. The number of nitrogens with one attached hydrogen (secondary N) is 3. The lowest BCUT2D eigenvalue weighted by Gasteiger charge is -2.15. The first-order valence-electron chi connectivity index (χ1n) is 9.73. The van der Waals surface area contributed by atoms with Crippen molar-refractivity contribution in [2.24, 2.45) is 5.92 Å². The lowest BCUT2D eigenvalue weighted by molar-refractivity contribution is -0.128. The smallest absolute Gasteiger partial charge is 0.279 e. The number of amides is 3. The fourth-order valence-corrected chi connectivity index (χ4v) is 2.65. The second-order valence-electron chi connectivity index (χ2n) is 7.04. The molecule has 1 aliphatic carbocycles. The van der Waals surface area contributed by atoms with Gasteiger partial charge in [-0.2, -0.15) is 0 Å². The quantitative estimate of drug-likeness (QED) is 0.628. The molecule has 0 saturated heterocycles. The molecule has 0 bridgehead atoms. The van der Waals surface area contributed by atoms with Crippen LogP contribution in [0.1, 0.15) is 42.6 Å². The molecule has 3 amide bonds. The molecule has 2 aromatic carbocycles. The zero-order valence-corrected chi connectivity index (χ0v) is 16.5. The Bertz CT molecular complexity index is 874. The molecule has 0 aliphatic heterocycles. The Morgan fingerprint density at radius 2 is 1.66 bits per heavy atom. The number of carbonyl (C=O) groups is 3. The molecule has 0 aromatic heterocycles. The van der Waals surface area contributed by atoms with E-state index in [-0.39, 0.29) is 11.8 Å². The topological polar surface area (TPSA) is 96.5 Å². The zero-order valence-electron chi connectivity index (χ0n) is 16.5. The summed E-state index contributed by atoms with van der Waals surface area (Å²) in [5.41, 5.74) is 6.90. The van der Waals surface area contributed by atoms with E-state index in [0.29, 0.717) is 17.0 Å². The minimum atomic E-state index is -0.775. The van der Waals surface area contributed by atoms with Gasteiger partial charge in [-0.15, -0.1) is 0 Å². The third-order valence-electron chi connectivity index (χ3n) is 4.68. The largest absolute Gasteiger partial charge is 0.481 e. The van der Waals surface area contributed by atoms with Crippen molar-refractivity contribution in [3.63, 3.8) is 0 Å². The summed E-state index contributed by atoms with van der Waals surface area (Å²) in [5, 5.41) is 2.81. The molecule has 1 fully saturated rings. The maximum atomic E-state index is 12.2. The Morgan fingerprint density at radius 1 is 1.00 bits per heavy atom. The fourth-order valence-electron chi connectivity index (χ4n) is 2.65. The highest BCUT2D eigenvalue weighted by Gasteiger charge is 2.29. The predicted octanol–water partition coefficient (Wildman–Crippen LogP) is 2.83. The number of aryl methyl sites for hydroxylation is 1. The summed E-state index contributed by atoms with van der Waals surface area (Å²) in [7, 11) is 0. The minimum Gasteiger partial charge on any atom is -0.481 e. The average molecular weight is 395 g/mol. The van der Waals surface area contributed by atoms with E-state index in [2.05, 4.69) is 23.1 Å². The number of ether oxygens (including phenoxy) is 1. The van der Waals surface area contributed by atoms with Crippen molar-refractivity contribution in [3.8, 4) is 5.75 Å². The van der Waals surface area contributed by atoms with Gasteiger partial charge in [-0.25, -0.2) is 0 Å². The molecule has 152 valence electrons. The van der Waals surface area contributed by atoms with E-state index in [1.165, 1.54) is 5.56 Å².